The summed E-state index contributed by atoms with van der Waals surface area (Å²) in [4.78, 5) is 21.8. The lowest BCUT2D eigenvalue weighted by molar-refractivity contribution is -0.138. The second kappa shape index (κ2) is 5.99. The van der Waals surface area contributed by atoms with Gasteiger partial charge in [0, 0.05) is 18.3 Å². The molecule has 0 fully saturated rings. The summed E-state index contributed by atoms with van der Waals surface area (Å²) in [7, 11) is 1.82. The Labute approximate surface area is 113 Å². The summed E-state index contributed by atoms with van der Waals surface area (Å²) in [5.41, 5.74) is 2.23. The molecule has 0 saturated heterocycles. The van der Waals surface area contributed by atoms with Crippen molar-refractivity contribution in [1.82, 2.24) is 9.97 Å². The lowest BCUT2D eigenvalue weighted by atomic mass is 10.1. The number of aryl methyl sites for hydroxylation is 1. The first kappa shape index (κ1) is 13.8. The molecule has 1 aromatic heterocycles. The van der Waals surface area contributed by atoms with Crippen LogP contribution in [0.25, 0.3) is 0 Å². The lowest BCUT2D eigenvalue weighted by Crippen LogP contribution is -2.39. The standard InChI is InChI=1S/C14H21N3O2/c1-3-12(14(18)19)17(2)13-10-7-5-4-6-8-11(10)15-9-16-13/h9,12H,3-8H2,1-2H3,(H,18,19). The van der Waals surface area contributed by atoms with Gasteiger partial charge in [-0.3, -0.25) is 0 Å². The Morgan fingerprint density at radius 3 is 2.79 bits per heavy atom. The van der Waals surface area contributed by atoms with Crippen LogP contribution < -0.4 is 4.90 Å². The van der Waals surface area contributed by atoms with Gasteiger partial charge in [0.25, 0.3) is 0 Å². The van der Waals surface area contributed by atoms with Crippen LogP contribution in [0.4, 0.5) is 5.82 Å². The van der Waals surface area contributed by atoms with Gasteiger partial charge in [0.2, 0.25) is 0 Å². The van der Waals surface area contributed by atoms with Gasteiger partial charge in [0.15, 0.2) is 0 Å². The SMILES string of the molecule is CCC(C(=O)O)N(C)c1ncnc2c1CCCCC2. The summed E-state index contributed by atoms with van der Waals surface area (Å²) in [5, 5.41) is 9.28. The van der Waals surface area contributed by atoms with Gasteiger partial charge in [-0.15, -0.1) is 0 Å². The van der Waals surface area contributed by atoms with Crippen LogP contribution in [0.1, 0.15) is 43.9 Å². The van der Waals surface area contributed by atoms with E-state index in [2.05, 4.69) is 9.97 Å². The lowest BCUT2D eigenvalue weighted by Gasteiger charge is -2.27. The number of nitrogens with zero attached hydrogens (tertiary/aromatic N) is 3. The summed E-state index contributed by atoms with van der Waals surface area (Å²) in [6.07, 6.45) is 7.54. The van der Waals surface area contributed by atoms with E-state index in [1.165, 1.54) is 6.42 Å². The van der Waals surface area contributed by atoms with Crippen LogP contribution in [0, 0.1) is 0 Å². The van der Waals surface area contributed by atoms with Crippen LogP contribution in [-0.4, -0.2) is 34.1 Å². The highest BCUT2D eigenvalue weighted by atomic mass is 16.4. The molecule has 0 bridgehead atoms. The molecule has 1 unspecified atom stereocenters. The van der Waals surface area contributed by atoms with E-state index in [1.807, 2.05) is 14.0 Å². The van der Waals surface area contributed by atoms with E-state index in [0.717, 1.165) is 42.8 Å². The van der Waals surface area contributed by atoms with Gasteiger partial charge in [-0.25, -0.2) is 14.8 Å². The number of rotatable bonds is 4. The molecule has 1 aliphatic carbocycles. The number of anilines is 1. The smallest absolute Gasteiger partial charge is 0.326 e. The van der Waals surface area contributed by atoms with Crippen molar-refractivity contribution in [2.24, 2.45) is 0 Å². The van der Waals surface area contributed by atoms with E-state index in [1.54, 1.807) is 11.2 Å². The molecule has 1 N–H and O–H groups in total. The Hall–Kier alpha value is -1.65. The maximum atomic E-state index is 11.3. The van der Waals surface area contributed by atoms with Gasteiger partial charge in [0.1, 0.15) is 18.2 Å². The molecular weight excluding hydrogens is 242 g/mol. The van der Waals surface area contributed by atoms with Crippen molar-refractivity contribution in [3.63, 3.8) is 0 Å². The first-order valence-electron chi connectivity index (χ1n) is 6.93. The molecule has 1 atom stereocenters. The maximum absolute atomic E-state index is 11.3. The van der Waals surface area contributed by atoms with E-state index >= 15 is 0 Å². The molecule has 1 aliphatic rings. The summed E-state index contributed by atoms with van der Waals surface area (Å²) >= 11 is 0. The summed E-state index contributed by atoms with van der Waals surface area (Å²) < 4.78 is 0. The second-order valence-electron chi connectivity index (χ2n) is 5.06. The Bertz CT molecular complexity index is 462. The average molecular weight is 263 g/mol. The van der Waals surface area contributed by atoms with E-state index in [-0.39, 0.29) is 0 Å². The third kappa shape index (κ3) is 2.85. The van der Waals surface area contributed by atoms with Crippen molar-refractivity contribution in [2.75, 3.05) is 11.9 Å². The van der Waals surface area contributed by atoms with E-state index in [9.17, 15) is 9.90 Å². The fourth-order valence-corrected chi connectivity index (χ4v) is 2.75. The van der Waals surface area contributed by atoms with Crippen LogP contribution in [0.2, 0.25) is 0 Å². The highest BCUT2D eigenvalue weighted by molar-refractivity contribution is 5.77. The molecule has 0 aromatic carbocycles. The van der Waals surface area contributed by atoms with Crippen LogP contribution in [0.15, 0.2) is 6.33 Å². The molecular formula is C14H21N3O2. The summed E-state index contributed by atoms with van der Waals surface area (Å²) in [6.45, 7) is 1.88. The maximum Gasteiger partial charge on any atom is 0.326 e. The van der Waals surface area contributed by atoms with E-state index in [4.69, 9.17) is 0 Å². The van der Waals surface area contributed by atoms with Gasteiger partial charge in [-0.1, -0.05) is 13.3 Å². The minimum Gasteiger partial charge on any atom is -0.480 e. The molecule has 5 nitrogen and oxygen atoms in total. The number of likely N-dealkylation sites (N-methyl/N-ethyl adjacent to an activating group) is 1. The van der Waals surface area contributed by atoms with E-state index in [0.29, 0.717) is 6.42 Å². The number of fused-ring (bicyclic) bond motifs is 1. The number of hydrogen-bond donors (Lipinski definition) is 1. The van der Waals surface area contributed by atoms with Crippen molar-refractivity contribution in [3.05, 3.63) is 17.6 Å². The Kier molecular flexibility index (Phi) is 4.35. The Morgan fingerprint density at radius 1 is 1.37 bits per heavy atom. The van der Waals surface area contributed by atoms with Crippen molar-refractivity contribution in [2.45, 2.75) is 51.5 Å². The van der Waals surface area contributed by atoms with Gasteiger partial charge in [0.05, 0.1) is 0 Å². The van der Waals surface area contributed by atoms with Crippen LogP contribution in [0.3, 0.4) is 0 Å². The minimum atomic E-state index is -0.800. The van der Waals surface area contributed by atoms with Crippen molar-refractivity contribution < 1.29 is 9.90 Å². The van der Waals surface area contributed by atoms with Crippen LogP contribution in [-0.2, 0) is 17.6 Å². The topological polar surface area (TPSA) is 66.3 Å². The quantitative estimate of drug-likeness (QED) is 0.842. The van der Waals surface area contributed by atoms with Gasteiger partial charge >= 0.3 is 5.97 Å². The molecule has 1 heterocycles. The second-order valence-corrected chi connectivity index (χ2v) is 5.06. The molecule has 0 amide bonds. The van der Waals surface area contributed by atoms with Crippen LogP contribution in [0.5, 0.6) is 0 Å². The number of hydrogen-bond acceptors (Lipinski definition) is 4. The molecule has 19 heavy (non-hydrogen) atoms. The highest BCUT2D eigenvalue weighted by Crippen LogP contribution is 2.27. The zero-order chi connectivity index (χ0) is 13.8. The summed E-state index contributed by atoms with van der Waals surface area (Å²) in [6, 6.07) is -0.526. The summed E-state index contributed by atoms with van der Waals surface area (Å²) in [5.74, 6) is -0.00728. The van der Waals surface area contributed by atoms with Crippen molar-refractivity contribution in [3.8, 4) is 0 Å². The number of carbonyl (C=O) groups is 1. The number of carboxylic acid groups (broad SMARTS) is 1. The minimum absolute atomic E-state index is 0.526. The molecule has 0 spiro atoms. The zero-order valence-corrected chi connectivity index (χ0v) is 11.6. The van der Waals surface area contributed by atoms with Crippen molar-refractivity contribution in [1.29, 1.82) is 0 Å². The molecule has 0 aliphatic heterocycles. The largest absolute Gasteiger partial charge is 0.480 e. The molecule has 0 saturated carbocycles. The first-order valence-corrected chi connectivity index (χ1v) is 6.93. The van der Waals surface area contributed by atoms with E-state index < -0.39 is 12.0 Å². The number of aromatic nitrogens is 2. The van der Waals surface area contributed by atoms with Gasteiger partial charge in [-0.05, 0) is 32.1 Å². The third-order valence-electron chi connectivity index (χ3n) is 3.83. The third-order valence-corrected chi connectivity index (χ3v) is 3.83. The first-order chi connectivity index (χ1) is 9.15. The Morgan fingerprint density at radius 2 is 2.11 bits per heavy atom. The predicted octanol–water partition coefficient (Wildman–Crippen LogP) is 2.04. The Balaban J connectivity index is 2.36. The van der Waals surface area contributed by atoms with Crippen LogP contribution >= 0.6 is 0 Å². The molecule has 0 radical (unpaired) electrons. The molecule has 5 heteroatoms. The number of carboxylic acids is 1. The van der Waals surface area contributed by atoms with Crippen molar-refractivity contribution >= 4 is 11.8 Å². The average Bonchev–Trinajstić information content (AvgIpc) is 2.63. The van der Waals surface area contributed by atoms with Gasteiger partial charge < -0.3 is 10.0 Å². The highest BCUT2D eigenvalue weighted by Gasteiger charge is 2.25. The molecule has 1 aromatic rings. The normalized spacial score (nSPS) is 16.3. The predicted molar refractivity (Wildman–Crippen MR) is 73.4 cm³/mol. The molecule has 104 valence electrons. The molecule has 2 rings (SSSR count). The number of aliphatic carboxylic acids is 1. The zero-order valence-electron chi connectivity index (χ0n) is 11.6. The monoisotopic (exact) mass is 263 g/mol. The van der Waals surface area contributed by atoms with Gasteiger partial charge in [-0.2, -0.15) is 0 Å². The fourth-order valence-electron chi connectivity index (χ4n) is 2.75. The fraction of sp³-hybridized carbons (Fsp3) is 0.643.